The molecule has 0 aromatic carbocycles. The van der Waals surface area contributed by atoms with E-state index in [0.717, 1.165) is 32.6 Å². The molecule has 0 saturated carbocycles. The van der Waals surface area contributed by atoms with Crippen LogP contribution in [0.25, 0.3) is 0 Å². The molecule has 0 spiro atoms. The maximum Gasteiger partial charge on any atom is 0.325 e. The van der Waals surface area contributed by atoms with Gasteiger partial charge in [0.05, 0.1) is 0 Å². The van der Waals surface area contributed by atoms with E-state index in [1.807, 2.05) is 0 Å². The Labute approximate surface area is 124 Å². The maximum atomic E-state index is 13.8. The highest BCUT2D eigenvalue weighted by Crippen LogP contribution is 2.38. The van der Waals surface area contributed by atoms with Gasteiger partial charge in [-0.15, -0.1) is 0 Å². The Morgan fingerprint density at radius 3 is 2.10 bits per heavy atom. The zero-order valence-corrected chi connectivity index (χ0v) is 13.2. The maximum absolute atomic E-state index is 13.8. The topological polar surface area (TPSA) is 66.4 Å². The molecule has 0 rings (SSSR count). The summed E-state index contributed by atoms with van der Waals surface area (Å²) in [5, 5.41) is 10.6. The van der Waals surface area contributed by atoms with Crippen LogP contribution in [0.2, 0.25) is 0 Å². The van der Waals surface area contributed by atoms with E-state index in [1.54, 1.807) is 0 Å². The van der Waals surface area contributed by atoms with E-state index in [9.17, 15) is 23.5 Å². The SMILES string of the molecule is CCCCCCCC(=O)OC(C)(C(C)C)C(F)(F)C(=O)[O-]. The van der Waals surface area contributed by atoms with Gasteiger partial charge in [-0.2, -0.15) is 8.78 Å². The molecule has 21 heavy (non-hydrogen) atoms. The molecule has 0 radical (unpaired) electrons. The highest BCUT2D eigenvalue weighted by molar-refractivity contribution is 5.77. The number of alkyl halides is 2. The number of carbonyl (C=O) groups is 2. The zero-order chi connectivity index (χ0) is 16.7. The Kier molecular flexibility index (Phi) is 7.82. The van der Waals surface area contributed by atoms with Gasteiger partial charge in [-0.05, 0) is 19.3 Å². The van der Waals surface area contributed by atoms with Crippen LogP contribution < -0.4 is 5.11 Å². The summed E-state index contributed by atoms with van der Waals surface area (Å²) < 4.78 is 32.3. The van der Waals surface area contributed by atoms with Gasteiger partial charge in [0.25, 0.3) is 0 Å². The Morgan fingerprint density at radius 2 is 1.67 bits per heavy atom. The first-order valence-electron chi connectivity index (χ1n) is 7.40. The van der Waals surface area contributed by atoms with Crippen molar-refractivity contribution in [2.45, 2.75) is 77.7 Å². The van der Waals surface area contributed by atoms with E-state index in [2.05, 4.69) is 6.92 Å². The van der Waals surface area contributed by atoms with Crippen LogP contribution in [-0.4, -0.2) is 23.5 Å². The van der Waals surface area contributed by atoms with Crippen LogP contribution in [0, 0.1) is 5.92 Å². The van der Waals surface area contributed by atoms with Crippen molar-refractivity contribution in [1.29, 1.82) is 0 Å². The summed E-state index contributed by atoms with van der Waals surface area (Å²) in [6.45, 7) is 5.75. The van der Waals surface area contributed by atoms with Gasteiger partial charge in [-0.3, -0.25) is 4.79 Å². The molecule has 124 valence electrons. The average Bonchev–Trinajstić information content (AvgIpc) is 2.37. The summed E-state index contributed by atoms with van der Waals surface area (Å²) in [5.41, 5.74) is -2.41. The molecule has 1 unspecified atom stereocenters. The number of carboxylic acid groups (broad SMARTS) is 1. The minimum atomic E-state index is -4.24. The predicted molar refractivity (Wildman–Crippen MR) is 72.7 cm³/mol. The van der Waals surface area contributed by atoms with Gasteiger partial charge in [0, 0.05) is 6.42 Å². The van der Waals surface area contributed by atoms with Crippen LogP contribution in [0.15, 0.2) is 0 Å². The van der Waals surface area contributed by atoms with Crippen molar-refractivity contribution >= 4 is 11.9 Å². The van der Waals surface area contributed by atoms with E-state index >= 15 is 0 Å². The summed E-state index contributed by atoms with van der Waals surface area (Å²) in [6, 6.07) is 0. The third-order valence-electron chi connectivity index (χ3n) is 3.79. The zero-order valence-electron chi connectivity index (χ0n) is 13.2. The molecule has 0 heterocycles. The molecule has 0 aliphatic carbocycles. The monoisotopic (exact) mass is 307 g/mol. The molecule has 0 saturated heterocycles. The molecule has 1 atom stereocenters. The second-order valence-electron chi connectivity index (χ2n) is 5.76. The fourth-order valence-corrected chi connectivity index (χ4v) is 1.91. The van der Waals surface area contributed by atoms with E-state index in [0.29, 0.717) is 6.42 Å². The first-order chi connectivity index (χ1) is 9.59. The van der Waals surface area contributed by atoms with Crippen LogP contribution in [0.5, 0.6) is 0 Å². The number of aliphatic carboxylic acids is 1. The van der Waals surface area contributed by atoms with Crippen molar-refractivity contribution in [3.8, 4) is 0 Å². The Bertz CT molecular complexity index is 356. The molecule has 0 bridgehead atoms. The fraction of sp³-hybridized carbons (Fsp3) is 0.867. The molecule has 0 aromatic heterocycles. The first kappa shape index (κ1) is 19.8. The van der Waals surface area contributed by atoms with E-state index < -0.39 is 29.4 Å². The minimum Gasteiger partial charge on any atom is -0.544 e. The molecular formula is C15H25F2O4-. The summed E-state index contributed by atoms with van der Waals surface area (Å²) in [5.74, 6) is -8.44. The van der Waals surface area contributed by atoms with Gasteiger partial charge >= 0.3 is 11.9 Å². The minimum absolute atomic E-state index is 0.00908. The van der Waals surface area contributed by atoms with Gasteiger partial charge in [0.2, 0.25) is 0 Å². The predicted octanol–water partition coefficient (Wildman–Crippen LogP) is 2.69. The highest BCUT2D eigenvalue weighted by atomic mass is 19.3. The molecule has 0 aliphatic heterocycles. The molecule has 0 amide bonds. The van der Waals surface area contributed by atoms with Crippen molar-refractivity contribution in [2.24, 2.45) is 5.92 Å². The number of carboxylic acids is 1. The molecule has 0 aliphatic rings. The summed E-state index contributed by atoms with van der Waals surface area (Å²) in [6.07, 6.45) is 4.47. The quantitative estimate of drug-likeness (QED) is 0.460. The second-order valence-corrected chi connectivity index (χ2v) is 5.76. The van der Waals surface area contributed by atoms with Gasteiger partial charge in [0.1, 0.15) is 5.97 Å². The van der Waals surface area contributed by atoms with Crippen molar-refractivity contribution < 1.29 is 28.2 Å². The highest BCUT2D eigenvalue weighted by Gasteiger charge is 2.56. The summed E-state index contributed by atoms with van der Waals surface area (Å²) >= 11 is 0. The summed E-state index contributed by atoms with van der Waals surface area (Å²) in [7, 11) is 0. The molecule has 0 aromatic rings. The normalized spacial score (nSPS) is 14.8. The third kappa shape index (κ3) is 5.25. The smallest absolute Gasteiger partial charge is 0.325 e. The Hall–Kier alpha value is -1.20. The largest absolute Gasteiger partial charge is 0.544 e. The van der Waals surface area contributed by atoms with Gasteiger partial charge in [0.15, 0.2) is 5.60 Å². The number of halogens is 2. The van der Waals surface area contributed by atoms with Crippen molar-refractivity contribution in [3.05, 3.63) is 0 Å². The number of hydrogen-bond donors (Lipinski definition) is 0. The number of carbonyl (C=O) groups excluding carboxylic acids is 2. The van der Waals surface area contributed by atoms with Gasteiger partial charge < -0.3 is 14.6 Å². The second kappa shape index (κ2) is 8.29. The lowest BCUT2D eigenvalue weighted by molar-refractivity contribution is -0.346. The van der Waals surface area contributed by atoms with Crippen molar-refractivity contribution in [3.63, 3.8) is 0 Å². The molecule has 4 nitrogen and oxygen atoms in total. The van der Waals surface area contributed by atoms with Crippen molar-refractivity contribution in [1.82, 2.24) is 0 Å². The fourth-order valence-electron chi connectivity index (χ4n) is 1.91. The van der Waals surface area contributed by atoms with E-state index in [4.69, 9.17) is 4.74 Å². The first-order valence-corrected chi connectivity index (χ1v) is 7.40. The lowest BCUT2D eigenvalue weighted by Gasteiger charge is -2.40. The van der Waals surface area contributed by atoms with Crippen molar-refractivity contribution in [2.75, 3.05) is 0 Å². The van der Waals surface area contributed by atoms with Crippen LogP contribution in [0.1, 0.15) is 66.2 Å². The number of hydrogen-bond acceptors (Lipinski definition) is 4. The number of unbranched alkanes of at least 4 members (excludes halogenated alkanes) is 4. The Balaban J connectivity index is 4.65. The van der Waals surface area contributed by atoms with Gasteiger partial charge in [-0.25, -0.2) is 0 Å². The van der Waals surface area contributed by atoms with Crippen LogP contribution in [-0.2, 0) is 14.3 Å². The third-order valence-corrected chi connectivity index (χ3v) is 3.79. The molecular weight excluding hydrogens is 282 g/mol. The lowest BCUT2D eigenvalue weighted by Crippen LogP contribution is -2.61. The number of esters is 1. The Morgan fingerprint density at radius 1 is 1.14 bits per heavy atom. The molecule has 0 fully saturated rings. The van der Waals surface area contributed by atoms with Crippen LogP contribution in [0.4, 0.5) is 8.78 Å². The molecule has 6 heteroatoms. The van der Waals surface area contributed by atoms with E-state index in [1.165, 1.54) is 13.8 Å². The lowest BCUT2D eigenvalue weighted by atomic mass is 9.85. The van der Waals surface area contributed by atoms with E-state index in [-0.39, 0.29) is 6.42 Å². The van der Waals surface area contributed by atoms with Gasteiger partial charge in [-0.1, -0.05) is 46.5 Å². The number of ether oxygens (including phenoxy) is 1. The standard InChI is InChI=1S/C15H26F2O4/c1-5-6-7-8-9-10-12(18)21-14(4,11(2)3)15(16,17)13(19)20/h11H,5-10H2,1-4H3,(H,19,20)/p-1. The van der Waals surface area contributed by atoms with Crippen LogP contribution >= 0.6 is 0 Å². The number of rotatable bonds is 10. The summed E-state index contributed by atoms with van der Waals surface area (Å²) in [4.78, 5) is 22.3. The molecule has 0 N–H and O–H groups in total. The average molecular weight is 307 g/mol. The van der Waals surface area contributed by atoms with Crippen LogP contribution in [0.3, 0.4) is 0 Å².